The second-order valence-corrected chi connectivity index (χ2v) is 10.1. The molecule has 0 fully saturated rings. The van der Waals surface area contributed by atoms with E-state index < -0.39 is 5.60 Å². The largest absolute Gasteiger partial charge is 0.388 e. The van der Waals surface area contributed by atoms with Crippen LogP contribution in [0, 0.1) is 6.92 Å². The van der Waals surface area contributed by atoms with E-state index in [1.54, 1.807) is 0 Å². The van der Waals surface area contributed by atoms with Crippen molar-refractivity contribution in [3.63, 3.8) is 0 Å². The Bertz CT molecular complexity index is 1330. The van der Waals surface area contributed by atoms with Crippen LogP contribution in [0.15, 0.2) is 60.8 Å². The first kappa shape index (κ1) is 22.7. The van der Waals surface area contributed by atoms with Gasteiger partial charge in [-0.3, -0.25) is 0 Å². The molecule has 1 aliphatic carbocycles. The average molecular weight is 455 g/mol. The summed E-state index contributed by atoms with van der Waals surface area (Å²) in [5.74, 6) is 0. The second kappa shape index (κ2) is 8.94. The standard InChI is InChI=1S/C30H34N2O2/c1-19-17-22(32-27-12-6-10-25-24(27)15-16-28(25)33)14-13-20(19)7-4-8-21-18-31-29-23(21)9-5-11-26(29)30(2,3)34/h5-6,9-14,17-18,28,31-34H,4,7-8,15-16H2,1-3H3/t28-/m1/s1. The Hall–Kier alpha value is -3.08. The summed E-state index contributed by atoms with van der Waals surface area (Å²) >= 11 is 0. The highest BCUT2D eigenvalue weighted by Crippen LogP contribution is 2.37. The van der Waals surface area contributed by atoms with Crippen molar-refractivity contribution in [3.05, 3.63) is 94.2 Å². The zero-order valence-corrected chi connectivity index (χ0v) is 20.3. The molecule has 5 rings (SSSR count). The van der Waals surface area contributed by atoms with Crippen LogP contribution in [0.2, 0.25) is 0 Å². The highest BCUT2D eigenvalue weighted by molar-refractivity contribution is 5.86. The number of benzene rings is 3. The molecule has 0 unspecified atom stereocenters. The predicted octanol–water partition coefficient (Wildman–Crippen LogP) is 6.60. The molecule has 0 spiro atoms. The zero-order valence-electron chi connectivity index (χ0n) is 20.3. The first-order chi connectivity index (χ1) is 16.3. The van der Waals surface area contributed by atoms with Gasteiger partial charge in [0.1, 0.15) is 0 Å². The van der Waals surface area contributed by atoms with Crippen molar-refractivity contribution in [2.45, 2.75) is 64.6 Å². The quantitative estimate of drug-likeness (QED) is 0.254. The van der Waals surface area contributed by atoms with E-state index in [0.29, 0.717) is 0 Å². The van der Waals surface area contributed by atoms with Crippen molar-refractivity contribution in [3.8, 4) is 0 Å². The van der Waals surface area contributed by atoms with E-state index >= 15 is 0 Å². The Morgan fingerprint density at radius 2 is 1.82 bits per heavy atom. The number of aryl methyl sites for hydroxylation is 3. The fourth-order valence-electron chi connectivity index (χ4n) is 5.36. The average Bonchev–Trinajstić information content (AvgIpc) is 3.39. The molecule has 0 bridgehead atoms. The third-order valence-electron chi connectivity index (χ3n) is 7.21. The van der Waals surface area contributed by atoms with Gasteiger partial charge >= 0.3 is 0 Å². The minimum Gasteiger partial charge on any atom is -0.388 e. The van der Waals surface area contributed by atoms with Crippen LogP contribution in [-0.2, 0) is 24.9 Å². The monoisotopic (exact) mass is 454 g/mol. The van der Waals surface area contributed by atoms with E-state index in [4.69, 9.17) is 0 Å². The molecule has 176 valence electrons. The number of fused-ring (bicyclic) bond motifs is 2. The molecule has 0 saturated heterocycles. The molecule has 34 heavy (non-hydrogen) atoms. The highest BCUT2D eigenvalue weighted by atomic mass is 16.3. The van der Waals surface area contributed by atoms with Crippen LogP contribution in [0.25, 0.3) is 10.9 Å². The minimum absolute atomic E-state index is 0.334. The van der Waals surface area contributed by atoms with E-state index in [2.05, 4.69) is 53.8 Å². The first-order valence-electron chi connectivity index (χ1n) is 12.3. The summed E-state index contributed by atoms with van der Waals surface area (Å²) in [7, 11) is 0. The summed E-state index contributed by atoms with van der Waals surface area (Å²) in [6, 6.07) is 18.9. The third kappa shape index (κ3) is 4.36. The van der Waals surface area contributed by atoms with Crippen molar-refractivity contribution >= 4 is 22.3 Å². The predicted molar refractivity (Wildman–Crippen MR) is 140 cm³/mol. The van der Waals surface area contributed by atoms with Gasteiger partial charge in [-0.05, 0) is 98.9 Å². The van der Waals surface area contributed by atoms with Gasteiger partial charge in [0.15, 0.2) is 0 Å². The van der Waals surface area contributed by atoms with Crippen LogP contribution in [-0.4, -0.2) is 15.2 Å². The lowest BCUT2D eigenvalue weighted by Gasteiger charge is -2.18. The van der Waals surface area contributed by atoms with Crippen molar-refractivity contribution in [1.82, 2.24) is 4.98 Å². The summed E-state index contributed by atoms with van der Waals surface area (Å²) in [6.45, 7) is 5.84. The maximum Gasteiger partial charge on any atom is 0.0860 e. The Labute approximate surface area is 201 Å². The highest BCUT2D eigenvalue weighted by Gasteiger charge is 2.23. The normalized spacial score (nSPS) is 15.6. The number of anilines is 2. The zero-order chi connectivity index (χ0) is 23.9. The molecule has 0 amide bonds. The topological polar surface area (TPSA) is 68.3 Å². The molecule has 3 aromatic carbocycles. The number of nitrogens with one attached hydrogen (secondary N) is 2. The van der Waals surface area contributed by atoms with Gasteiger partial charge in [0.25, 0.3) is 0 Å². The molecule has 4 heteroatoms. The molecule has 1 atom stereocenters. The Morgan fingerprint density at radius 3 is 2.62 bits per heavy atom. The molecule has 1 aromatic heterocycles. The van der Waals surface area contributed by atoms with Gasteiger partial charge in [-0.25, -0.2) is 0 Å². The second-order valence-electron chi connectivity index (χ2n) is 10.1. The number of hydrogen-bond acceptors (Lipinski definition) is 3. The summed E-state index contributed by atoms with van der Waals surface area (Å²) in [4.78, 5) is 3.39. The molecule has 4 aromatic rings. The van der Waals surface area contributed by atoms with Crippen molar-refractivity contribution in [2.75, 3.05) is 5.32 Å². The summed E-state index contributed by atoms with van der Waals surface area (Å²) in [5, 5.41) is 25.4. The van der Waals surface area contributed by atoms with Gasteiger partial charge in [0.2, 0.25) is 0 Å². The van der Waals surface area contributed by atoms with Gasteiger partial charge < -0.3 is 20.5 Å². The van der Waals surface area contributed by atoms with Crippen molar-refractivity contribution in [1.29, 1.82) is 0 Å². The maximum absolute atomic E-state index is 10.5. The lowest BCUT2D eigenvalue weighted by Crippen LogP contribution is -2.15. The van der Waals surface area contributed by atoms with Crippen LogP contribution >= 0.6 is 0 Å². The maximum atomic E-state index is 10.5. The first-order valence-corrected chi connectivity index (χ1v) is 12.3. The summed E-state index contributed by atoms with van der Waals surface area (Å²) < 4.78 is 0. The number of rotatable bonds is 7. The fourth-order valence-corrected chi connectivity index (χ4v) is 5.36. The Kier molecular flexibility index (Phi) is 5.97. The molecule has 1 aliphatic rings. The Balaban J connectivity index is 1.26. The number of hydrogen-bond donors (Lipinski definition) is 4. The molecule has 0 radical (unpaired) electrons. The molecule has 0 saturated carbocycles. The van der Waals surface area contributed by atoms with E-state index in [1.165, 1.54) is 27.6 Å². The van der Waals surface area contributed by atoms with E-state index in [-0.39, 0.29) is 6.10 Å². The van der Waals surface area contributed by atoms with Crippen LogP contribution in [0.3, 0.4) is 0 Å². The van der Waals surface area contributed by atoms with Crippen LogP contribution in [0.5, 0.6) is 0 Å². The molecule has 4 nitrogen and oxygen atoms in total. The molecule has 0 aliphatic heterocycles. The van der Waals surface area contributed by atoms with Gasteiger partial charge in [-0.1, -0.05) is 36.4 Å². The van der Waals surface area contributed by atoms with E-state index in [0.717, 1.165) is 60.1 Å². The summed E-state index contributed by atoms with van der Waals surface area (Å²) in [5.41, 5.74) is 9.57. The number of H-pyrrole nitrogens is 1. The van der Waals surface area contributed by atoms with Gasteiger partial charge in [-0.2, -0.15) is 0 Å². The lowest BCUT2D eigenvalue weighted by atomic mass is 9.94. The molecule has 1 heterocycles. The number of aromatic amines is 1. The number of aromatic nitrogens is 1. The molecule has 4 N–H and O–H groups in total. The van der Waals surface area contributed by atoms with Crippen molar-refractivity contribution < 1.29 is 10.2 Å². The van der Waals surface area contributed by atoms with E-state index in [1.807, 2.05) is 38.1 Å². The fraction of sp³-hybridized carbons (Fsp3) is 0.333. The van der Waals surface area contributed by atoms with Gasteiger partial charge in [0.05, 0.1) is 17.2 Å². The smallest absolute Gasteiger partial charge is 0.0860 e. The SMILES string of the molecule is Cc1cc(Nc2cccc3c2CC[C@H]3O)ccc1CCCc1c[nH]c2c(C(C)(C)O)cccc12. The van der Waals surface area contributed by atoms with Crippen molar-refractivity contribution in [2.24, 2.45) is 0 Å². The third-order valence-corrected chi connectivity index (χ3v) is 7.21. The van der Waals surface area contributed by atoms with Crippen LogP contribution in [0.4, 0.5) is 11.4 Å². The van der Waals surface area contributed by atoms with Gasteiger partial charge in [0, 0.05) is 28.5 Å². The van der Waals surface area contributed by atoms with Crippen LogP contribution in [0.1, 0.15) is 66.2 Å². The minimum atomic E-state index is -0.867. The van der Waals surface area contributed by atoms with Gasteiger partial charge in [-0.15, -0.1) is 0 Å². The van der Waals surface area contributed by atoms with Crippen LogP contribution < -0.4 is 5.32 Å². The lowest BCUT2D eigenvalue weighted by molar-refractivity contribution is 0.0800. The number of para-hydroxylation sites is 1. The number of aliphatic hydroxyl groups excluding tert-OH is 1. The molecular weight excluding hydrogens is 420 g/mol. The number of aliphatic hydroxyl groups is 2. The molecular formula is C30H34N2O2. The summed E-state index contributed by atoms with van der Waals surface area (Å²) in [6.07, 6.45) is 6.57. The van der Waals surface area contributed by atoms with E-state index in [9.17, 15) is 10.2 Å². The Morgan fingerprint density at radius 1 is 1.03 bits per heavy atom.